The lowest BCUT2D eigenvalue weighted by atomic mass is 10.1. The molecule has 0 aliphatic rings. The van der Waals surface area contributed by atoms with Crippen molar-refractivity contribution in [1.29, 1.82) is 0 Å². The summed E-state index contributed by atoms with van der Waals surface area (Å²) < 4.78 is 7.40. The van der Waals surface area contributed by atoms with Crippen LogP contribution in [-0.4, -0.2) is 31.3 Å². The Bertz CT molecular complexity index is 786. The van der Waals surface area contributed by atoms with Crippen LogP contribution in [0.5, 0.6) is 5.88 Å². The van der Waals surface area contributed by atoms with E-state index in [0.717, 1.165) is 11.3 Å². The van der Waals surface area contributed by atoms with Gasteiger partial charge >= 0.3 is 0 Å². The number of hydrogen-bond acceptors (Lipinski definition) is 6. The smallest absolute Gasteiger partial charge is 0.218 e. The molecule has 0 unspecified atom stereocenters. The van der Waals surface area contributed by atoms with Gasteiger partial charge in [0.25, 0.3) is 0 Å². The van der Waals surface area contributed by atoms with Gasteiger partial charge in [-0.15, -0.1) is 5.10 Å². The molecule has 1 atom stereocenters. The molecule has 0 fully saturated rings. The van der Waals surface area contributed by atoms with E-state index in [4.69, 9.17) is 4.74 Å². The first kappa shape index (κ1) is 17.0. The SMILES string of the molecule is CC(C)Oc1ncccc1CN[C@H](C)c1ccc(-n2cnnn2)cc1. The fourth-order valence-corrected chi connectivity index (χ4v) is 2.46. The van der Waals surface area contributed by atoms with Crippen LogP contribution >= 0.6 is 0 Å². The van der Waals surface area contributed by atoms with Crippen LogP contribution in [0.25, 0.3) is 5.69 Å². The molecule has 130 valence electrons. The third kappa shape index (κ3) is 4.39. The first-order chi connectivity index (χ1) is 12.1. The Morgan fingerprint density at radius 2 is 1.92 bits per heavy atom. The highest BCUT2D eigenvalue weighted by atomic mass is 16.5. The van der Waals surface area contributed by atoms with Crippen molar-refractivity contribution in [3.05, 3.63) is 60.0 Å². The molecule has 2 aromatic heterocycles. The molecule has 7 nitrogen and oxygen atoms in total. The van der Waals surface area contributed by atoms with Crippen molar-refractivity contribution in [2.75, 3.05) is 0 Å². The Morgan fingerprint density at radius 3 is 2.60 bits per heavy atom. The van der Waals surface area contributed by atoms with Gasteiger partial charge in [-0.05, 0) is 55.0 Å². The van der Waals surface area contributed by atoms with Crippen molar-refractivity contribution in [3.8, 4) is 11.6 Å². The van der Waals surface area contributed by atoms with Crippen molar-refractivity contribution in [2.24, 2.45) is 0 Å². The second-order valence-corrected chi connectivity index (χ2v) is 6.08. The Hall–Kier alpha value is -2.80. The molecule has 3 rings (SSSR count). The van der Waals surface area contributed by atoms with E-state index in [-0.39, 0.29) is 12.1 Å². The lowest BCUT2D eigenvalue weighted by Crippen LogP contribution is -2.19. The summed E-state index contributed by atoms with van der Waals surface area (Å²) in [5.41, 5.74) is 3.17. The minimum atomic E-state index is 0.102. The fourth-order valence-electron chi connectivity index (χ4n) is 2.46. The lowest BCUT2D eigenvalue weighted by Gasteiger charge is -2.17. The highest BCUT2D eigenvalue weighted by Gasteiger charge is 2.10. The summed E-state index contributed by atoms with van der Waals surface area (Å²) in [6, 6.07) is 12.3. The molecule has 0 radical (unpaired) electrons. The van der Waals surface area contributed by atoms with Crippen molar-refractivity contribution < 1.29 is 4.74 Å². The van der Waals surface area contributed by atoms with Crippen LogP contribution in [0.15, 0.2) is 48.9 Å². The minimum absolute atomic E-state index is 0.102. The topological polar surface area (TPSA) is 77.8 Å². The first-order valence-electron chi connectivity index (χ1n) is 8.30. The van der Waals surface area contributed by atoms with Crippen LogP contribution in [0.2, 0.25) is 0 Å². The number of nitrogens with zero attached hydrogens (tertiary/aromatic N) is 5. The number of aromatic nitrogens is 5. The molecule has 0 bridgehead atoms. The molecular formula is C18H22N6O. The third-order valence-electron chi connectivity index (χ3n) is 3.80. The summed E-state index contributed by atoms with van der Waals surface area (Å²) in [6.45, 7) is 6.82. The Morgan fingerprint density at radius 1 is 1.12 bits per heavy atom. The van der Waals surface area contributed by atoms with Crippen molar-refractivity contribution in [1.82, 2.24) is 30.5 Å². The summed E-state index contributed by atoms with van der Waals surface area (Å²) in [4.78, 5) is 4.33. The molecule has 0 saturated heterocycles. The zero-order valence-corrected chi connectivity index (χ0v) is 14.6. The van der Waals surface area contributed by atoms with E-state index in [1.807, 2.05) is 38.1 Å². The predicted molar refractivity (Wildman–Crippen MR) is 94.4 cm³/mol. The standard InChI is InChI=1S/C18H22N6O/c1-13(2)25-18-16(5-4-10-19-18)11-20-14(3)15-6-8-17(9-7-15)24-12-21-22-23-24/h4-10,12-14,20H,11H2,1-3H3/t14-/m1/s1. The number of tetrazole rings is 1. The van der Waals surface area contributed by atoms with Crippen molar-refractivity contribution in [2.45, 2.75) is 39.5 Å². The second-order valence-electron chi connectivity index (χ2n) is 6.08. The van der Waals surface area contributed by atoms with Gasteiger partial charge in [0.1, 0.15) is 6.33 Å². The van der Waals surface area contributed by atoms with Gasteiger partial charge in [-0.25, -0.2) is 9.67 Å². The summed E-state index contributed by atoms with van der Waals surface area (Å²) in [5, 5.41) is 14.7. The van der Waals surface area contributed by atoms with Gasteiger partial charge in [0.2, 0.25) is 5.88 Å². The van der Waals surface area contributed by atoms with Gasteiger partial charge < -0.3 is 10.1 Å². The second kappa shape index (κ2) is 7.85. The zero-order chi connectivity index (χ0) is 17.6. The Balaban J connectivity index is 1.64. The molecule has 0 amide bonds. The van der Waals surface area contributed by atoms with Crippen LogP contribution in [0.3, 0.4) is 0 Å². The maximum Gasteiger partial charge on any atom is 0.218 e. The van der Waals surface area contributed by atoms with Crippen molar-refractivity contribution >= 4 is 0 Å². The average Bonchev–Trinajstić information content (AvgIpc) is 3.15. The monoisotopic (exact) mass is 338 g/mol. The van der Waals surface area contributed by atoms with E-state index in [2.05, 4.69) is 44.9 Å². The summed E-state index contributed by atoms with van der Waals surface area (Å²) in [6.07, 6.45) is 3.43. The molecule has 0 saturated carbocycles. The highest BCUT2D eigenvalue weighted by molar-refractivity contribution is 5.34. The van der Waals surface area contributed by atoms with Gasteiger partial charge in [-0.2, -0.15) is 0 Å². The fraction of sp³-hybridized carbons (Fsp3) is 0.333. The lowest BCUT2D eigenvalue weighted by molar-refractivity contribution is 0.229. The molecule has 25 heavy (non-hydrogen) atoms. The highest BCUT2D eigenvalue weighted by Crippen LogP contribution is 2.19. The van der Waals surface area contributed by atoms with Gasteiger partial charge in [-0.3, -0.25) is 0 Å². The molecule has 1 N–H and O–H groups in total. The van der Waals surface area contributed by atoms with Gasteiger partial charge in [-0.1, -0.05) is 18.2 Å². The largest absolute Gasteiger partial charge is 0.475 e. The Labute approximate surface area is 147 Å². The van der Waals surface area contributed by atoms with E-state index >= 15 is 0 Å². The van der Waals surface area contributed by atoms with E-state index in [1.54, 1.807) is 17.2 Å². The molecule has 2 heterocycles. The van der Waals surface area contributed by atoms with Crippen LogP contribution in [-0.2, 0) is 6.54 Å². The number of pyridine rings is 1. The maximum absolute atomic E-state index is 5.77. The van der Waals surface area contributed by atoms with E-state index < -0.39 is 0 Å². The molecular weight excluding hydrogens is 316 g/mol. The molecule has 0 aliphatic carbocycles. The first-order valence-corrected chi connectivity index (χ1v) is 8.30. The number of nitrogens with one attached hydrogen (secondary N) is 1. The van der Waals surface area contributed by atoms with E-state index in [1.165, 1.54) is 5.56 Å². The number of benzene rings is 1. The summed E-state index contributed by atoms with van der Waals surface area (Å²) >= 11 is 0. The number of hydrogen-bond donors (Lipinski definition) is 1. The summed E-state index contributed by atoms with van der Waals surface area (Å²) in [7, 11) is 0. The van der Waals surface area contributed by atoms with Gasteiger partial charge in [0.05, 0.1) is 11.8 Å². The number of ether oxygens (including phenoxy) is 1. The number of rotatable bonds is 7. The predicted octanol–water partition coefficient (Wildman–Crippen LogP) is 2.70. The van der Waals surface area contributed by atoms with E-state index in [0.29, 0.717) is 12.4 Å². The van der Waals surface area contributed by atoms with Crippen LogP contribution in [0.4, 0.5) is 0 Å². The Kier molecular flexibility index (Phi) is 5.35. The summed E-state index contributed by atoms with van der Waals surface area (Å²) in [5.74, 6) is 0.686. The van der Waals surface area contributed by atoms with E-state index in [9.17, 15) is 0 Å². The molecule has 1 aromatic carbocycles. The van der Waals surface area contributed by atoms with Crippen LogP contribution in [0, 0.1) is 0 Å². The molecule has 0 spiro atoms. The minimum Gasteiger partial charge on any atom is -0.475 e. The molecule has 7 heteroatoms. The molecule has 3 aromatic rings. The third-order valence-corrected chi connectivity index (χ3v) is 3.80. The quantitative estimate of drug-likeness (QED) is 0.714. The average molecular weight is 338 g/mol. The zero-order valence-electron chi connectivity index (χ0n) is 14.6. The maximum atomic E-state index is 5.77. The normalized spacial score (nSPS) is 12.3. The van der Waals surface area contributed by atoms with Gasteiger partial charge in [0, 0.05) is 24.3 Å². The van der Waals surface area contributed by atoms with Crippen LogP contribution < -0.4 is 10.1 Å². The van der Waals surface area contributed by atoms with Crippen LogP contribution in [0.1, 0.15) is 37.9 Å². The molecule has 0 aliphatic heterocycles. The van der Waals surface area contributed by atoms with Crippen molar-refractivity contribution in [3.63, 3.8) is 0 Å². The van der Waals surface area contributed by atoms with Gasteiger partial charge in [0.15, 0.2) is 0 Å².